The molecule has 8 heteroatoms. The lowest BCUT2D eigenvalue weighted by Gasteiger charge is -2.33. The molecule has 0 amide bonds. The number of rotatable bonds is 4. The Morgan fingerprint density at radius 1 is 1.10 bits per heavy atom. The summed E-state index contributed by atoms with van der Waals surface area (Å²) in [5, 5.41) is 0. The first-order valence-corrected chi connectivity index (χ1v) is 10.0. The molecule has 1 atom stereocenters. The van der Waals surface area contributed by atoms with E-state index in [0.717, 1.165) is 24.0 Å². The van der Waals surface area contributed by atoms with Gasteiger partial charge in [-0.3, -0.25) is 18.8 Å². The lowest BCUT2D eigenvalue weighted by Crippen LogP contribution is -2.38. The molecular weight excluding hydrogens is 373 g/mol. The predicted octanol–water partition coefficient (Wildman–Crippen LogP) is 2.00. The molecule has 3 heterocycles. The van der Waals surface area contributed by atoms with Gasteiger partial charge in [-0.2, -0.15) is 0 Å². The summed E-state index contributed by atoms with van der Waals surface area (Å²) in [7, 11) is 3.06. The van der Waals surface area contributed by atoms with E-state index in [1.54, 1.807) is 29.8 Å². The van der Waals surface area contributed by atoms with Crippen LogP contribution in [0.25, 0.3) is 11.2 Å². The maximum absolute atomic E-state index is 14.4. The highest BCUT2D eigenvalue weighted by atomic mass is 19.1. The number of likely N-dealkylation sites (tertiary alicyclic amines) is 1. The number of hydrogen-bond acceptors (Lipinski definition) is 4. The summed E-state index contributed by atoms with van der Waals surface area (Å²) in [6.07, 6.45) is 3.45. The fourth-order valence-electron chi connectivity index (χ4n) is 4.15. The highest BCUT2D eigenvalue weighted by Gasteiger charge is 2.24. The number of hydrogen-bond donors (Lipinski definition) is 0. The van der Waals surface area contributed by atoms with Gasteiger partial charge in [-0.1, -0.05) is 24.6 Å². The molecule has 1 fully saturated rings. The SMILES string of the molecule is C[C@@H]1CCCCN1Cc1nc2c(c(=O)n(C)c(=O)n2C)n1Cc1ccccc1F. The molecule has 1 aliphatic rings. The van der Waals surface area contributed by atoms with Crippen molar-refractivity contribution in [1.82, 2.24) is 23.6 Å². The van der Waals surface area contributed by atoms with Gasteiger partial charge in [0.25, 0.3) is 5.56 Å². The molecule has 1 aromatic carbocycles. The minimum atomic E-state index is -0.420. The summed E-state index contributed by atoms with van der Waals surface area (Å²) in [5.41, 5.74) is 0.322. The molecule has 0 radical (unpaired) electrons. The van der Waals surface area contributed by atoms with Crippen molar-refractivity contribution in [2.24, 2.45) is 14.1 Å². The number of aromatic nitrogens is 4. The van der Waals surface area contributed by atoms with Gasteiger partial charge >= 0.3 is 5.69 Å². The molecule has 0 spiro atoms. The minimum Gasteiger partial charge on any atom is -0.316 e. The number of imidazole rings is 1. The molecule has 3 aromatic rings. The second-order valence-electron chi connectivity index (χ2n) is 7.90. The Bertz CT molecular complexity index is 1180. The monoisotopic (exact) mass is 399 g/mol. The molecule has 0 unspecified atom stereocenters. The second kappa shape index (κ2) is 7.59. The fraction of sp³-hybridized carbons (Fsp3) is 0.476. The molecule has 1 saturated heterocycles. The van der Waals surface area contributed by atoms with E-state index in [9.17, 15) is 14.0 Å². The number of nitrogens with zero attached hydrogens (tertiary/aromatic N) is 5. The Morgan fingerprint density at radius 3 is 2.59 bits per heavy atom. The number of fused-ring (bicyclic) bond motifs is 1. The highest BCUT2D eigenvalue weighted by molar-refractivity contribution is 5.71. The van der Waals surface area contributed by atoms with Gasteiger partial charge in [0.15, 0.2) is 11.2 Å². The topological polar surface area (TPSA) is 65.1 Å². The minimum absolute atomic E-state index is 0.189. The molecule has 154 valence electrons. The van der Waals surface area contributed by atoms with Crippen LogP contribution in [0.4, 0.5) is 4.39 Å². The molecule has 0 N–H and O–H groups in total. The van der Waals surface area contributed by atoms with E-state index in [1.807, 2.05) is 0 Å². The maximum atomic E-state index is 14.4. The third kappa shape index (κ3) is 3.42. The van der Waals surface area contributed by atoms with Gasteiger partial charge in [-0.15, -0.1) is 0 Å². The van der Waals surface area contributed by atoms with Crippen molar-refractivity contribution in [1.29, 1.82) is 0 Å². The first-order chi connectivity index (χ1) is 13.9. The number of piperidine rings is 1. The lowest BCUT2D eigenvalue weighted by atomic mass is 10.0. The third-order valence-corrected chi connectivity index (χ3v) is 6.00. The van der Waals surface area contributed by atoms with Gasteiger partial charge in [0, 0.05) is 25.7 Å². The predicted molar refractivity (Wildman–Crippen MR) is 109 cm³/mol. The van der Waals surface area contributed by atoms with E-state index < -0.39 is 11.2 Å². The average molecular weight is 399 g/mol. The van der Waals surface area contributed by atoms with Crippen molar-refractivity contribution in [3.63, 3.8) is 0 Å². The van der Waals surface area contributed by atoms with Crippen molar-refractivity contribution in [2.75, 3.05) is 6.54 Å². The van der Waals surface area contributed by atoms with E-state index in [1.165, 1.54) is 24.1 Å². The van der Waals surface area contributed by atoms with Gasteiger partial charge in [0.05, 0.1) is 13.1 Å². The Morgan fingerprint density at radius 2 is 1.86 bits per heavy atom. The molecule has 4 rings (SSSR count). The molecule has 2 aromatic heterocycles. The standard InChI is InChI=1S/C21H26FN5O2/c1-14-8-6-7-11-26(14)13-17-23-19-18(20(28)25(3)21(29)24(19)2)27(17)12-15-9-4-5-10-16(15)22/h4-5,9-10,14H,6-8,11-13H2,1-3H3/t14-/m1/s1. The largest absolute Gasteiger partial charge is 0.332 e. The highest BCUT2D eigenvalue weighted by Crippen LogP contribution is 2.22. The van der Waals surface area contributed by atoms with Crippen LogP contribution in [0.15, 0.2) is 33.9 Å². The molecule has 0 saturated carbocycles. The number of benzene rings is 1. The van der Waals surface area contributed by atoms with Crippen molar-refractivity contribution in [3.8, 4) is 0 Å². The second-order valence-corrected chi connectivity index (χ2v) is 7.90. The van der Waals surface area contributed by atoms with Crippen LogP contribution in [0.5, 0.6) is 0 Å². The number of halogens is 1. The summed E-state index contributed by atoms with van der Waals surface area (Å²) in [6.45, 7) is 3.90. The molecule has 0 bridgehead atoms. The van der Waals surface area contributed by atoms with Crippen LogP contribution in [-0.4, -0.2) is 36.2 Å². The number of aryl methyl sites for hydroxylation is 1. The fourth-order valence-corrected chi connectivity index (χ4v) is 4.15. The van der Waals surface area contributed by atoms with Crippen LogP contribution in [-0.2, 0) is 27.2 Å². The zero-order valence-corrected chi connectivity index (χ0v) is 17.1. The average Bonchev–Trinajstić information content (AvgIpc) is 3.06. The van der Waals surface area contributed by atoms with Gasteiger partial charge < -0.3 is 4.57 Å². The normalized spacial score (nSPS) is 17.9. The third-order valence-electron chi connectivity index (χ3n) is 6.00. The zero-order valence-electron chi connectivity index (χ0n) is 17.1. The first kappa shape index (κ1) is 19.6. The van der Waals surface area contributed by atoms with Gasteiger partial charge in [-0.25, -0.2) is 14.2 Å². The summed E-state index contributed by atoms with van der Waals surface area (Å²) in [5.74, 6) is 0.351. The Labute approximate surface area is 168 Å². The summed E-state index contributed by atoms with van der Waals surface area (Å²) in [6, 6.07) is 6.95. The first-order valence-electron chi connectivity index (χ1n) is 10.0. The van der Waals surface area contributed by atoms with Crippen molar-refractivity contribution < 1.29 is 4.39 Å². The van der Waals surface area contributed by atoms with Crippen LogP contribution < -0.4 is 11.2 Å². The molecule has 29 heavy (non-hydrogen) atoms. The van der Waals surface area contributed by atoms with E-state index in [2.05, 4.69) is 16.8 Å². The van der Waals surface area contributed by atoms with Crippen LogP contribution in [0.3, 0.4) is 0 Å². The zero-order chi connectivity index (χ0) is 20.7. The Kier molecular flexibility index (Phi) is 5.12. The van der Waals surface area contributed by atoms with Crippen LogP contribution in [0, 0.1) is 5.82 Å². The van der Waals surface area contributed by atoms with Crippen LogP contribution in [0.1, 0.15) is 37.6 Å². The van der Waals surface area contributed by atoms with Crippen molar-refractivity contribution >= 4 is 11.2 Å². The summed E-state index contributed by atoms with van der Waals surface area (Å²) in [4.78, 5) is 32.3. The quantitative estimate of drug-likeness (QED) is 0.673. The molecule has 0 aliphatic carbocycles. The van der Waals surface area contributed by atoms with Crippen LogP contribution >= 0.6 is 0 Å². The van der Waals surface area contributed by atoms with E-state index in [4.69, 9.17) is 0 Å². The van der Waals surface area contributed by atoms with E-state index >= 15 is 0 Å². The Hall–Kier alpha value is -2.74. The van der Waals surface area contributed by atoms with Gasteiger partial charge in [0.2, 0.25) is 0 Å². The van der Waals surface area contributed by atoms with Crippen molar-refractivity contribution in [3.05, 3.63) is 62.3 Å². The maximum Gasteiger partial charge on any atom is 0.332 e. The van der Waals surface area contributed by atoms with Gasteiger partial charge in [-0.05, 0) is 32.4 Å². The van der Waals surface area contributed by atoms with Crippen molar-refractivity contribution in [2.45, 2.75) is 45.3 Å². The van der Waals surface area contributed by atoms with E-state index in [0.29, 0.717) is 35.1 Å². The van der Waals surface area contributed by atoms with Crippen LogP contribution in [0.2, 0.25) is 0 Å². The molecular formula is C21H26FN5O2. The summed E-state index contributed by atoms with van der Waals surface area (Å²) >= 11 is 0. The Balaban J connectivity index is 1.90. The van der Waals surface area contributed by atoms with E-state index in [-0.39, 0.29) is 12.4 Å². The smallest absolute Gasteiger partial charge is 0.316 e. The molecule has 1 aliphatic heterocycles. The summed E-state index contributed by atoms with van der Waals surface area (Å²) < 4.78 is 18.6. The molecule has 7 nitrogen and oxygen atoms in total. The van der Waals surface area contributed by atoms with Gasteiger partial charge in [0.1, 0.15) is 11.6 Å². The lowest BCUT2D eigenvalue weighted by molar-refractivity contribution is 0.147.